The van der Waals surface area contributed by atoms with Crippen LogP contribution in [0.25, 0.3) is 10.1 Å². The lowest BCUT2D eigenvalue weighted by atomic mass is 10.1. The fourth-order valence-corrected chi connectivity index (χ4v) is 2.98. The molecule has 0 aliphatic carbocycles. The molecule has 2 aromatic rings. The van der Waals surface area contributed by atoms with E-state index in [4.69, 9.17) is 10.9 Å². The van der Waals surface area contributed by atoms with Crippen LogP contribution in [0.3, 0.4) is 0 Å². The maximum Gasteiger partial charge on any atom is 0.253 e. The van der Waals surface area contributed by atoms with Crippen LogP contribution in [0.2, 0.25) is 0 Å². The predicted octanol–water partition coefficient (Wildman–Crippen LogP) is 2.55. The molecular weight excluding hydrogens is 274 g/mol. The van der Waals surface area contributed by atoms with Crippen LogP contribution in [0, 0.1) is 0 Å². The fraction of sp³-hybridized carbons (Fsp3) is 0.286. The average Bonchev–Trinajstić information content (AvgIpc) is 2.90. The summed E-state index contributed by atoms with van der Waals surface area (Å²) < 4.78 is 1.06. The summed E-state index contributed by atoms with van der Waals surface area (Å²) >= 11 is 1.53. The van der Waals surface area contributed by atoms with Gasteiger partial charge in [-0.25, -0.2) is 0 Å². The van der Waals surface area contributed by atoms with Crippen LogP contribution in [-0.2, 0) is 0 Å². The van der Waals surface area contributed by atoms with E-state index in [2.05, 4.69) is 10.5 Å². The van der Waals surface area contributed by atoms with Gasteiger partial charge >= 0.3 is 0 Å². The predicted molar refractivity (Wildman–Crippen MR) is 81.4 cm³/mol. The van der Waals surface area contributed by atoms with E-state index in [0.717, 1.165) is 16.5 Å². The van der Waals surface area contributed by atoms with Crippen molar-refractivity contribution in [3.05, 3.63) is 35.2 Å². The maximum atomic E-state index is 12.3. The van der Waals surface area contributed by atoms with E-state index in [1.54, 1.807) is 0 Å². The van der Waals surface area contributed by atoms with Crippen LogP contribution < -0.4 is 11.1 Å². The minimum absolute atomic E-state index is 0.0275. The number of hydrogen-bond acceptors (Lipinski definition) is 4. The van der Waals surface area contributed by atoms with Gasteiger partial charge in [-0.1, -0.05) is 36.7 Å². The van der Waals surface area contributed by atoms with Gasteiger partial charge in [-0.2, -0.15) is 0 Å². The minimum Gasteiger partial charge on any atom is -0.409 e. The van der Waals surface area contributed by atoms with Crippen LogP contribution in [-0.4, -0.2) is 23.0 Å². The fourth-order valence-electron chi connectivity index (χ4n) is 2.04. The number of hydrogen-bond donors (Lipinski definition) is 3. The number of rotatable bonds is 5. The first-order chi connectivity index (χ1) is 9.67. The third kappa shape index (κ3) is 2.91. The van der Waals surface area contributed by atoms with E-state index >= 15 is 0 Å². The zero-order valence-corrected chi connectivity index (χ0v) is 12.0. The molecule has 0 saturated heterocycles. The quantitative estimate of drug-likeness (QED) is 0.342. The highest BCUT2D eigenvalue weighted by Gasteiger charge is 2.19. The molecule has 20 heavy (non-hydrogen) atoms. The summed E-state index contributed by atoms with van der Waals surface area (Å²) in [5, 5.41) is 17.3. The Morgan fingerprint density at radius 3 is 2.95 bits per heavy atom. The third-order valence-corrected chi connectivity index (χ3v) is 4.04. The summed E-state index contributed by atoms with van der Waals surface area (Å²) in [5.41, 5.74) is 6.23. The average molecular weight is 291 g/mol. The molecule has 1 aromatic carbocycles. The summed E-state index contributed by atoms with van der Waals surface area (Å²) in [4.78, 5) is 12.3. The maximum absolute atomic E-state index is 12.3. The Balaban J connectivity index is 2.22. The Morgan fingerprint density at radius 1 is 1.50 bits per heavy atom. The summed E-state index contributed by atoms with van der Waals surface area (Å²) in [5.74, 6) is -0.174. The number of carbonyl (C=O) groups excluding carboxylic acids is 1. The number of nitrogens with one attached hydrogen (secondary N) is 1. The number of amides is 1. The minimum atomic E-state index is -0.448. The van der Waals surface area contributed by atoms with Gasteiger partial charge in [-0.3, -0.25) is 4.79 Å². The number of oxime groups is 1. The molecule has 5 nitrogen and oxygen atoms in total. The zero-order chi connectivity index (χ0) is 14.5. The zero-order valence-electron chi connectivity index (χ0n) is 11.2. The highest BCUT2D eigenvalue weighted by Crippen LogP contribution is 2.25. The molecule has 0 aliphatic rings. The number of benzene rings is 1. The Kier molecular flexibility index (Phi) is 4.57. The van der Waals surface area contributed by atoms with Gasteiger partial charge in [0.15, 0.2) is 5.84 Å². The second-order valence-corrected chi connectivity index (χ2v) is 5.40. The molecule has 1 amide bonds. The molecule has 0 radical (unpaired) electrons. The van der Waals surface area contributed by atoms with Gasteiger partial charge in [0.25, 0.3) is 5.91 Å². The highest BCUT2D eigenvalue weighted by atomic mass is 32.1. The van der Waals surface area contributed by atoms with E-state index < -0.39 is 6.04 Å². The SMILES string of the molecule is CCCC(NC(=O)c1csc2ccccc12)C(N)=NO. The van der Waals surface area contributed by atoms with E-state index in [-0.39, 0.29) is 11.7 Å². The number of nitrogens with zero attached hydrogens (tertiary/aromatic N) is 1. The van der Waals surface area contributed by atoms with Crippen molar-refractivity contribution in [2.24, 2.45) is 10.9 Å². The molecular formula is C14H17N3O2S. The van der Waals surface area contributed by atoms with Crippen molar-refractivity contribution in [3.63, 3.8) is 0 Å². The lowest BCUT2D eigenvalue weighted by molar-refractivity contribution is 0.0947. The molecule has 0 fully saturated rings. The number of amidine groups is 1. The molecule has 2 rings (SSSR count). The lowest BCUT2D eigenvalue weighted by Gasteiger charge is -2.16. The summed E-state index contributed by atoms with van der Waals surface area (Å²) in [6.45, 7) is 1.98. The first-order valence-electron chi connectivity index (χ1n) is 6.41. The van der Waals surface area contributed by atoms with Crippen molar-refractivity contribution in [1.82, 2.24) is 5.32 Å². The van der Waals surface area contributed by atoms with E-state index in [0.29, 0.717) is 12.0 Å². The van der Waals surface area contributed by atoms with Gasteiger partial charge in [0.05, 0.1) is 11.6 Å². The molecule has 0 aliphatic heterocycles. The van der Waals surface area contributed by atoms with Gasteiger partial charge < -0.3 is 16.3 Å². The molecule has 1 atom stereocenters. The van der Waals surface area contributed by atoms with Crippen LogP contribution >= 0.6 is 11.3 Å². The smallest absolute Gasteiger partial charge is 0.253 e. The van der Waals surface area contributed by atoms with Crippen molar-refractivity contribution in [1.29, 1.82) is 0 Å². The van der Waals surface area contributed by atoms with E-state index in [1.165, 1.54) is 11.3 Å². The van der Waals surface area contributed by atoms with E-state index in [9.17, 15) is 4.79 Å². The van der Waals surface area contributed by atoms with Gasteiger partial charge in [-0.05, 0) is 12.5 Å². The second-order valence-electron chi connectivity index (χ2n) is 4.49. The number of thiophene rings is 1. The van der Waals surface area contributed by atoms with Crippen LogP contribution in [0.15, 0.2) is 34.8 Å². The lowest BCUT2D eigenvalue weighted by Crippen LogP contribution is -2.44. The molecule has 1 aromatic heterocycles. The molecule has 0 spiro atoms. The largest absolute Gasteiger partial charge is 0.409 e. The number of fused-ring (bicyclic) bond motifs is 1. The molecule has 1 unspecified atom stereocenters. The Labute approximate surface area is 121 Å². The summed E-state index contributed by atoms with van der Waals surface area (Å²) in [6, 6.07) is 7.29. The molecule has 4 N–H and O–H groups in total. The molecule has 6 heteroatoms. The van der Waals surface area contributed by atoms with Crippen molar-refractivity contribution in [2.45, 2.75) is 25.8 Å². The Bertz CT molecular complexity index is 636. The van der Waals surface area contributed by atoms with Crippen LogP contribution in [0.4, 0.5) is 0 Å². The van der Waals surface area contributed by atoms with Gasteiger partial charge in [0.1, 0.15) is 0 Å². The first-order valence-corrected chi connectivity index (χ1v) is 7.29. The Hall–Kier alpha value is -2.08. The molecule has 1 heterocycles. The monoisotopic (exact) mass is 291 g/mol. The molecule has 0 bridgehead atoms. The molecule has 106 valence electrons. The van der Waals surface area contributed by atoms with Gasteiger partial charge in [-0.15, -0.1) is 11.3 Å². The van der Waals surface area contributed by atoms with Crippen molar-refractivity contribution < 1.29 is 10.0 Å². The summed E-state index contributed by atoms with van der Waals surface area (Å²) in [7, 11) is 0. The van der Waals surface area contributed by atoms with Crippen molar-refractivity contribution in [3.8, 4) is 0 Å². The number of nitrogens with two attached hydrogens (primary N) is 1. The topological polar surface area (TPSA) is 87.7 Å². The first kappa shape index (κ1) is 14.3. The second kappa shape index (κ2) is 6.38. The standard InChI is InChI=1S/C14H17N3O2S/c1-2-5-11(13(15)17-19)16-14(18)10-8-20-12-7-4-3-6-9(10)12/h3-4,6-8,11,19H,2,5H2,1H3,(H2,15,17)(H,16,18). The van der Waals surface area contributed by atoms with Gasteiger partial charge in [0, 0.05) is 15.5 Å². The number of carbonyl (C=O) groups is 1. The van der Waals surface area contributed by atoms with Gasteiger partial charge in [0.2, 0.25) is 0 Å². The van der Waals surface area contributed by atoms with Crippen molar-refractivity contribution in [2.75, 3.05) is 0 Å². The Morgan fingerprint density at radius 2 is 2.25 bits per heavy atom. The van der Waals surface area contributed by atoms with E-state index in [1.807, 2.05) is 36.6 Å². The molecule has 0 saturated carbocycles. The van der Waals surface area contributed by atoms with Crippen molar-refractivity contribution >= 4 is 33.2 Å². The highest BCUT2D eigenvalue weighted by molar-refractivity contribution is 7.17. The normalized spacial score (nSPS) is 13.3. The summed E-state index contributed by atoms with van der Waals surface area (Å²) in [6.07, 6.45) is 1.45. The van der Waals surface area contributed by atoms with Crippen LogP contribution in [0.1, 0.15) is 30.1 Å². The van der Waals surface area contributed by atoms with Crippen LogP contribution in [0.5, 0.6) is 0 Å². The third-order valence-electron chi connectivity index (χ3n) is 3.08.